The summed E-state index contributed by atoms with van der Waals surface area (Å²) in [7, 11) is 0. The van der Waals surface area contributed by atoms with Gasteiger partial charge in [0.15, 0.2) is 5.78 Å². The predicted octanol–water partition coefficient (Wildman–Crippen LogP) is 3.44. The van der Waals surface area contributed by atoms with Gasteiger partial charge in [-0.25, -0.2) is 0 Å². The van der Waals surface area contributed by atoms with E-state index in [1.165, 1.54) is 0 Å². The molecule has 0 bridgehead atoms. The molecule has 2 nitrogen and oxygen atoms in total. The molecule has 1 atom stereocenters. The molecule has 1 aromatic rings. The average Bonchev–Trinajstić information content (AvgIpc) is 2.68. The summed E-state index contributed by atoms with van der Waals surface area (Å²) in [5.41, 5.74) is 0.926. The summed E-state index contributed by atoms with van der Waals surface area (Å²) >= 11 is 0. The Bertz CT molecular complexity index is 360. The first-order valence-electron chi connectivity index (χ1n) is 5.55. The van der Waals surface area contributed by atoms with Crippen molar-refractivity contribution in [1.29, 1.82) is 0 Å². The van der Waals surface area contributed by atoms with Crippen LogP contribution in [0.3, 0.4) is 0 Å². The Kier molecular flexibility index (Phi) is 3.05. The fraction of sp³-hybridized carbons (Fsp3) is 0.462. The van der Waals surface area contributed by atoms with Crippen molar-refractivity contribution in [2.45, 2.75) is 32.6 Å². The molecule has 0 amide bonds. The maximum atomic E-state index is 12.0. The Hall–Kier alpha value is -1.31. The van der Waals surface area contributed by atoms with E-state index >= 15 is 0 Å². The third-order valence-corrected chi connectivity index (χ3v) is 2.96. The van der Waals surface area contributed by atoms with E-state index in [2.05, 4.69) is 0 Å². The first-order chi connectivity index (χ1) is 7.27. The molecule has 0 N–H and O–H groups in total. The minimum atomic E-state index is 0.175. The summed E-state index contributed by atoms with van der Waals surface area (Å²) in [5, 5.41) is 0. The fourth-order valence-corrected chi connectivity index (χ4v) is 2.03. The summed E-state index contributed by atoms with van der Waals surface area (Å²) in [6.07, 6.45) is 7.71. The van der Waals surface area contributed by atoms with Gasteiger partial charge in [-0.2, -0.15) is 0 Å². The molecule has 0 saturated heterocycles. The minimum Gasteiger partial charge on any atom is -0.465 e. The second-order valence-corrected chi connectivity index (χ2v) is 4.20. The van der Waals surface area contributed by atoms with Crippen molar-refractivity contribution in [3.05, 3.63) is 29.7 Å². The zero-order valence-electron chi connectivity index (χ0n) is 9.03. The molecule has 1 aliphatic rings. The summed E-state index contributed by atoms with van der Waals surface area (Å²) in [6, 6.07) is 3.73. The molecular weight excluding hydrogens is 188 g/mol. The van der Waals surface area contributed by atoms with Gasteiger partial charge in [-0.1, -0.05) is 13.3 Å². The summed E-state index contributed by atoms with van der Waals surface area (Å²) in [5.74, 6) is 1.25. The number of Topliss-reactive ketones (excluding diaryl/α,β-unsaturated/α-hetero) is 1. The van der Waals surface area contributed by atoms with Crippen LogP contribution in [0.25, 0.3) is 6.08 Å². The molecule has 1 aromatic heterocycles. The van der Waals surface area contributed by atoms with E-state index in [0.29, 0.717) is 5.78 Å². The van der Waals surface area contributed by atoms with Crippen LogP contribution in [0.15, 0.2) is 28.4 Å². The molecule has 1 aliphatic carbocycles. The highest BCUT2D eigenvalue weighted by atomic mass is 16.3. The largest absolute Gasteiger partial charge is 0.465 e. The normalized spacial score (nSPS) is 25.5. The van der Waals surface area contributed by atoms with Gasteiger partial charge in [0.2, 0.25) is 0 Å². The van der Waals surface area contributed by atoms with Crippen LogP contribution in [-0.4, -0.2) is 5.78 Å². The maximum absolute atomic E-state index is 12.0. The lowest BCUT2D eigenvalue weighted by Crippen LogP contribution is -2.10. The zero-order chi connectivity index (χ0) is 10.7. The minimum absolute atomic E-state index is 0.175. The van der Waals surface area contributed by atoms with E-state index in [9.17, 15) is 4.79 Å². The molecule has 0 radical (unpaired) electrons. The van der Waals surface area contributed by atoms with Crippen molar-refractivity contribution in [3.8, 4) is 0 Å². The Labute approximate surface area is 90.0 Å². The van der Waals surface area contributed by atoms with Crippen LogP contribution >= 0.6 is 0 Å². The number of carbonyl (C=O) groups is 1. The molecule has 2 rings (SSSR count). The third kappa shape index (κ3) is 2.38. The van der Waals surface area contributed by atoms with Gasteiger partial charge < -0.3 is 4.42 Å². The molecule has 15 heavy (non-hydrogen) atoms. The van der Waals surface area contributed by atoms with Gasteiger partial charge in [0.05, 0.1) is 6.26 Å². The number of hydrogen-bond donors (Lipinski definition) is 0. The predicted molar refractivity (Wildman–Crippen MR) is 59.3 cm³/mol. The second-order valence-electron chi connectivity index (χ2n) is 4.20. The van der Waals surface area contributed by atoms with Gasteiger partial charge in [-0.15, -0.1) is 0 Å². The summed E-state index contributed by atoms with van der Waals surface area (Å²) in [4.78, 5) is 12.0. The molecule has 0 spiro atoms. The van der Waals surface area contributed by atoms with Gasteiger partial charge in [-0.3, -0.25) is 4.79 Å². The van der Waals surface area contributed by atoms with Crippen molar-refractivity contribution in [3.63, 3.8) is 0 Å². The Balaban J connectivity index is 2.22. The lowest BCUT2D eigenvalue weighted by Gasteiger charge is -2.06. The van der Waals surface area contributed by atoms with Crippen LogP contribution in [0.4, 0.5) is 0 Å². The number of furan rings is 1. The zero-order valence-corrected chi connectivity index (χ0v) is 9.03. The molecule has 1 unspecified atom stereocenters. The number of allylic oxidation sites excluding steroid dienone is 1. The molecule has 1 saturated carbocycles. The van der Waals surface area contributed by atoms with Crippen LogP contribution in [-0.2, 0) is 4.79 Å². The summed E-state index contributed by atoms with van der Waals surface area (Å²) < 4.78 is 5.23. The first kappa shape index (κ1) is 10.2. The molecular formula is C13H16O2. The molecule has 1 heterocycles. The van der Waals surface area contributed by atoms with E-state index < -0.39 is 0 Å². The number of ketones is 1. The lowest BCUT2D eigenvalue weighted by molar-refractivity contribution is -0.118. The van der Waals surface area contributed by atoms with Crippen molar-refractivity contribution >= 4 is 11.9 Å². The van der Waals surface area contributed by atoms with E-state index in [0.717, 1.165) is 37.0 Å². The highest BCUT2D eigenvalue weighted by Crippen LogP contribution is 2.25. The number of rotatable bonds is 1. The van der Waals surface area contributed by atoms with E-state index in [1.54, 1.807) is 6.26 Å². The van der Waals surface area contributed by atoms with Crippen molar-refractivity contribution in [2.24, 2.45) is 5.92 Å². The SMILES string of the molecule is CC1CCCC/C(=C\c2ccco2)C1=O. The fourth-order valence-electron chi connectivity index (χ4n) is 2.03. The summed E-state index contributed by atoms with van der Waals surface area (Å²) in [6.45, 7) is 2.02. The molecule has 2 heteroatoms. The Morgan fingerprint density at radius 1 is 1.47 bits per heavy atom. The third-order valence-electron chi connectivity index (χ3n) is 2.96. The van der Waals surface area contributed by atoms with E-state index in [1.807, 2.05) is 25.1 Å². The molecule has 0 aromatic carbocycles. The highest BCUT2D eigenvalue weighted by molar-refractivity contribution is 6.00. The van der Waals surface area contributed by atoms with Crippen LogP contribution in [0, 0.1) is 5.92 Å². The van der Waals surface area contributed by atoms with E-state index in [-0.39, 0.29) is 5.92 Å². The maximum Gasteiger partial charge on any atom is 0.161 e. The van der Waals surface area contributed by atoms with Crippen LogP contribution < -0.4 is 0 Å². The van der Waals surface area contributed by atoms with Crippen LogP contribution in [0.5, 0.6) is 0 Å². The number of hydrogen-bond acceptors (Lipinski definition) is 2. The van der Waals surface area contributed by atoms with Gasteiger partial charge in [0.25, 0.3) is 0 Å². The van der Waals surface area contributed by atoms with Crippen LogP contribution in [0.1, 0.15) is 38.4 Å². The van der Waals surface area contributed by atoms with Gasteiger partial charge >= 0.3 is 0 Å². The van der Waals surface area contributed by atoms with Crippen molar-refractivity contribution < 1.29 is 9.21 Å². The average molecular weight is 204 g/mol. The monoisotopic (exact) mass is 204 g/mol. The Morgan fingerprint density at radius 2 is 2.33 bits per heavy atom. The van der Waals surface area contributed by atoms with Gasteiger partial charge in [0, 0.05) is 5.92 Å². The van der Waals surface area contributed by atoms with Crippen molar-refractivity contribution in [2.75, 3.05) is 0 Å². The van der Waals surface area contributed by atoms with Crippen molar-refractivity contribution in [1.82, 2.24) is 0 Å². The smallest absolute Gasteiger partial charge is 0.161 e. The topological polar surface area (TPSA) is 30.2 Å². The lowest BCUT2D eigenvalue weighted by atomic mass is 9.97. The second kappa shape index (κ2) is 4.47. The van der Waals surface area contributed by atoms with E-state index in [4.69, 9.17) is 4.42 Å². The Morgan fingerprint density at radius 3 is 3.07 bits per heavy atom. The van der Waals surface area contributed by atoms with Gasteiger partial charge in [-0.05, 0) is 43.0 Å². The molecule has 1 fully saturated rings. The standard InChI is InChI=1S/C13H16O2/c1-10-5-2-3-6-11(13(10)14)9-12-7-4-8-15-12/h4,7-10H,2-3,5-6H2,1H3/b11-9+. The highest BCUT2D eigenvalue weighted by Gasteiger charge is 2.20. The first-order valence-corrected chi connectivity index (χ1v) is 5.55. The molecule has 0 aliphatic heterocycles. The van der Waals surface area contributed by atoms with Crippen LogP contribution in [0.2, 0.25) is 0 Å². The number of carbonyl (C=O) groups excluding carboxylic acids is 1. The quantitative estimate of drug-likeness (QED) is 0.518. The van der Waals surface area contributed by atoms with Gasteiger partial charge in [0.1, 0.15) is 5.76 Å². The molecule has 80 valence electrons.